The van der Waals surface area contributed by atoms with Crippen LogP contribution in [0.3, 0.4) is 0 Å². The Labute approximate surface area is 116 Å². The maximum atomic E-state index is 11.9. The minimum Gasteiger partial charge on any atom is -0.378 e. The van der Waals surface area contributed by atoms with E-state index in [9.17, 15) is 4.79 Å². The van der Waals surface area contributed by atoms with Crippen LogP contribution in [0.5, 0.6) is 0 Å². The van der Waals surface area contributed by atoms with E-state index in [1.165, 1.54) is 0 Å². The summed E-state index contributed by atoms with van der Waals surface area (Å²) in [6.45, 7) is 3.59. The third-order valence-corrected chi connectivity index (χ3v) is 3.78. The van der Waals surface area contributed by atoms with Gasteiger partial charge in [0.2, 0.25) is 5.91 Å². The zero-order valence-electron chi connectivity index (χ0n) is 12.4. The summed E-state index contributed by atoms with van der Waals surface area (Å²) in [5, 5.41) is 2.96. The van der Waals surface area contributed by atoms with Crippen LogP contribution < -0.4 is 11.1 Å². The molecule has 0 spiro atoms. The lowest BCUT2D eigenvalue weighted by atomic mass is 9.81. The smallest absolute Gasteiger partial charge is 0.223 e. The molecule has 0 heterocycles. The molecule has 0 aliphatic heterocycles. The number of nitrogens with one attached hydrogen (secondary N) is 1. The van der Waals surface area contributed by atoms with E-state index in [0.29, 0.717) is 25.7 Å². The monoisotopic (exact) mass is 271 g/mol. The zero-order valence-corrected chi connectivity index (χ0v) is 12.4. The summed E-state index contributed by atoms with van der Waals surface area (Å²) in [6.07, 6.45) is 4.15. The first-order valence-corrected chi connectivity index (χ1v) is 7.33. The Morgan fingerprint density at radius 1 is 1.26 bits per heavy atom. The molecule has 0 saturated heterocycles. The molecule has 0 radical (unpaired) electrons. The summed E-state index contributed by atoms with van der Waals surface area (Å²) in [6, 6.07) is 0. The first-order valence-electron chi connectivity index (χ1n) is 7.33. The number of nitrogens with two attached hydrogens (primary N) is 1. The Morgan fingerprint density at radius 2 is 1.95 bits per heavy atom. The molecule has 1 aliphatic carbocycles. The number of likely N-dealkylation sites (N-methyl/N-ethyl adjacent to an activating group) is 1. The molecule has 0 aromatic rings. The predicted octanol–water partition coefficient (Wildman–Crippen LogP) is 0.446. The Morgan fingerprint density at radius 3 is 2.53 bits per heavy atom. The Hall–Kier alpha value is -0.650. The van der Waals surface area contributed by atoms with Gasteiger partial charge in [0.25, 0.3) is 0 Å². The van der Waals surface area contributed by atoms with Crippen molar-refractivity contribution in [3.8, 4) is 0 Å². The molecule has 19 heavy (non-hydrogen) atoms. The Bertz CT molecular complexity index is 251. The fourth-order valence-electron chi connectivity index (χ4n) is 2.40. The molecule has 5 nitrogen and oxygen atoms in total. The van der Waals surface area contributed by atoms with Crippen LogP contribution >= 0.6 is 0 Å². The van der Waals surface area contributed by atoms with E-state index in [1.54, 1.807) is 0 Å². The van der Waals surface area contributed by atoms with Gasteiger partial charge in [0, 0.05) is 19.0 Å². The van der Waals surface area contributed by atoms with E-state index < -0.39 is 0 Å². The molecule has 0 aromatic heterocycles. The maximum absolute atomic E-state index is 11.9. The number of hydrogen-bond acceptors (Lipinski definition) is 4. The molecule has 1 rings (SSSR count). The highest BCUT2D eigenvalue weighted by molar-refractivity contribution is 5.78. The van der Waals surface area contributed by atoms with Crippen molar-refractivity contribution < 1.29 is 9.53 Å². The Kier molecular flexibility index (Phi) is 8.02. The number of nitrogens with zero attached hydrogens (tertiary/aromatic N) is 1. The maximum Gasteiger partial charge on any atom is 0.223 e. The van der Waals surface area contributed by atoms with Gasteiger partial charge in [-0.2, -0.15) is 0 Å². The zero-order chi connectivity index (χ0) is 14.1. The van der Waals surface area contributed by atoms with Crippen LogP contribution in [0, 0.1) is 11.8 Å². The van der Waals surface area contributed by atoms with Crippen molar-refractivity contribution in [1.82, 2.24) is 10.2 Å². The standard InChI is InChI=1S/C14H29N3O2/c1-17(2)8-10-19-9-7-16-14(18)13-5-3-12(11-15)4-6-13/h12-13H,3-11,15H2,1-2H3,(H,16,18). The second kappa shape index (κ2) is 9.28. The number of amides is 1. The number of rotatable bonds is 8. The number of hydrogen-bond donors (Lipinski definition) is 2. The highest BCUT2D eigenvalue weighted by Crippen LogP contribution is 2.27. The third kappa shape index (κ3) is 6.89. The lowest BCUT2D eigenvalue weighted by Crippen LogP contribution is -2.36. The molecule has 5 heteroatoms. The second-order valence-electron chi connectivity index (χ2n) is 5.66. The van der Waals surface area contributed by atoms with Crippen LogP contribution in [0.25, 0.3) is 0 Å². The molecule has 0 atom stereocenters. The van der Waals surface area contributed by atoms with Crippen LogP contribution in [-0.2, 0) is 9.53 Å². The van der Waals surface area contributed by atoms with Crippen LogP contribution in [0.15, 0.2) is 0 Å². The largest absolute Gasteiger partial charge is 0.378 e. The highest BCUT2D eigenvalue weighted by atomic mass is 16.5. The second-order valence-corrected chi connectivity index (χ2v) is 5.66. The molecule has 0 aromatic carbocycles. The van der Waals surface area contributed by atoms with Crippen molar-refractivity contribution in [2.24, 2.45) is 17.6 Å². The van der Waals surface area contributed by atoms with Crippen molar-refractivity contribution in [1.29, 1.82) is 0 Å². The van der Waals surface area contributed by atoms with Crippen molar-refractivity contribution in [2.45, 2.75) is 25.7 Å². The van der Waals surface area contributed by atoms with Crippen molar-refractivity contribution in [3.05, 3.63) is 0 Å². The summed E-state index contributed by atoms with van der Waals surface area (Å²) in [5.41, 5.74) is 5.65. The third-order valence-electron chi connectivity index (χ3n) is 3.78. The van der Waals surface area contributed by atoms with Crippen molar-refractivity contribution in [2.75, 3.05) is 46.9 Å². The van der Waals surface area contributed by atoms with Gasteiger partial charge in [0.05, 0.1) is 13.2 Å². The minimum absolute atomic E-state index is 0.185. The van der Waals surface area contributed by atoms with Crippen LogP contribution in [-0.4, -0.2) is 57.8 Å². The molecule has 112 valence electrons. The van der Waals surface area contributed by atoms with Crippen LogP contribution in [0.4, 0.5) is 0 Å². The number of carbonyl (C=O) groups excluding carboxylic acids is 1. The van der Waals surface area contributed by atoms with Gasteiger partial charge >= 0.3 is 0 Å². The summed E-state index contributed by atoms with van der Waals surface area (Å²) >= 11 is 0. The van der Waals surface area contributed by atoms with Gasteiger partial charge in [-0.05, 0) is 52.2 Å². The lowest BCUT2D eigenvalue weighted by molar-refractivity contribution is -0.126. The first-order chi connectivity index (χ1) is 9.13. The molecule has 0 bridgehead atoms. The van der Waals surface area contributed by atoms with E-state index in [1.807, 2.05) is 14.1 Å². The summed E-state index contributed by atoms with van der Waals surface area (Å²) in [7, 11) is 4.03. The average molecular weight is 271 g/mol. The molecule has 0 unspecified atom stereocenters. The van der Waals surface area contributed by atoms with E-state index >= 15 is 0 Å². The average Bonchev–Trinajstić information content (AvgIpc) is 2.42. The molecular weight excluding hydrogens is 242 g/mol. The lowest BCUT2D eigenvalue weighted by Gasteiger charge is -2.26. The van der Waals surface area contributed by atoms with Gasteiger partial charge in [-0.25, -0.2) is 0 Å². The SMILES string of the molecule is CN(C)CCOCCNC(=O)C1CCC(CN)CC1. The predicted molar refractivity (Wildman–Crippen MR) is 76.9 cm³/mol. The van der Waals surface area contributed by atoms with Gasteiger partial charge in [-0.1, -0.05) is 0 Å². The minimum atomic E-state index is 0.185. The topological polar surface area (TPSA) is 67.6 Å². The van der Waals surface area contributed by atoms with E-state index in [0.717, 1.165) is 38.8 Å². The molecule has 1 fully saturated rings. The van der Waals surface area contributed by atoms with Gasteiger partial charge in [0.1, 0.15) is 0 Å². The van der Waals surface area contributed by atoms with Gasteiger partial charge < -0.3 is 20.7 Å². The highest BCUT2D eigenvalue weighted by Gasteiger charge is 2.25. The number of carbonyl (C=O) groups is 1. The summed E-state index contributed by atoms with van der Waals surface area (Å²) in [4.78, 5) is 14.0. The summed E-state index contributed by atoms with van der Waals surface area (Å²) in [5.74, 6) is 0.995. The molecular formula is C14H29N3O2. The van der Waals surface area contributed by atoms with Gasteiger partial charge in [-0.15, -0.1) is 0 Å². The van der Waals surface area contributed by atoms with E-state index in [4.69, 9.17) is 10.5 Å². The first kappa shape index (κ1) is 16.4. The van der Waals surface area contributed by atoms with E-state index in [2.05, 4.69) is 10.2 Å². The molecule has 3 N–H and O–H groups in total. The summed E-state index contributed by atoms with van der Waals surface area (Å²) < 4.78 is 5.44. The fourth-order valence-corrected chi connectivity index (χ4v) is 2.40. The molecule has 1 amide bonds. The van der Waals surface area contributed by atoms with Gasteiger partial charge in [0.15, 0.2) is 0 Å². The van der Waals surface area contributed by atoms with Crippen LogP contribution in [0.1, 0.15) is 25.7 Å². The van der Waals surface area contributed by atoms with Crippen LogP contribution in [0.2, 0.25) is 0 Å². The quantitative estimate of drug-likeness (QED) is 0.629. The Balaban J connectivity index is 2.02. The molecule has 1 saturated carbocycles. The fraction of sp³-hybridized carbons (Fsp3) is 0.929. The van der Waals surface area contributed by atoms with Crippen molar-refractivity contribution in [3.63, 3.8) is 0 Å². The van der Waals surface area contributed by atoms with Crippen molar-refractivity contribution >= 4 is 5.91 Å². The van der Waals surface area contributed by atoms with Gasteiger partial charge in [-0.3, -0.25) is 4.79 Å². The number of ether oxygens (including phenoxy) is 1. The van der Waals surface area contributed by atoms with E-state index in [-0.39, 0.29) is 11.8 Å². The normalized spacial score (nSPS) is 23.6. The molecule has 1 aliphatic rings.